The second-order valence-electron chi connectivity index (χ2n) is 5.13. The van der Waals surface area contributed by atoms with E-state index in [-0.39, 0.29) is 11.9 Å². The molecule has 1 atom stereocenters. The highest BCUT2D eigenvalue weighted by atomic mass is 35.5. The lowest BCUT2D eigenvalue weighted by Crippen LogP contribution is -2.19. The number of hydrogen-bond acceptors (Lipinski definition) is 2. The second-order valence-corrected chi connectivity index (χ2v) is 6.00. The highest BCUT2D eigenvalue weighted by Crippen LogP contribution is 2.23. The van der Waals surface area contributed by atoms with Crippen LogP contribution in [0.5, 0.6) is 0 Å². The van der Waals surface area contributed by atoms with Crippen molar-refractivity contribution in [1.82, 2.24) is 9.78 Å². The van der Waals surface area contributed by atoms with Crippen LogP contribution in [0.1, 0.15) is 30.8 Å². The Hall–Kier alpha value is -1.52. The molecule has 0 unspecified atom stereocenters. The van der Waals surface area contributed by atoms with Crippen molar-refractivity contribution in [3.05, 3.63) is 45.7 Å². The highest BCUT2D eigenvalue weighted by Gasteiger charge is 2.14. The van der Waals surface area contributed by atoms with Gasteiger partial charge in [0.15, 0.2) is 0 Å². The summed E-state index contributed by atoms with van der Waals surface area (Å²) in [5, 5.41) is 8.17. The van der Waals surface area contributed by atoms with Crippen LogP contribution in [0.3, 0.4) is 0 Å². The van der Waals surface area contributed by atoms with E-state index in [9.17, 15) is 4.79 Å². The van der Waals surface area contributed by atoms with E-state index in [4.69, 9.17) is 23.2 Å². The molecule has 0 aliphatic rings. The van der Waals surface area contributed by atoms with Gasteiger partial charge in [0.05, 0.1) is 11.7 Å². The molecule has 4 nitrogen and oxygen atoms in total. The summed E-state index contributed by atoms with van der Waals surface area (Å²) in [4.78, 5) is 12.1. The van der Waals surface area contributed by atoms with Crippen molar-refractivity contribution >= 4 is 34.8 Å². The smallest absolute Gasteiger partial charge is 0.226 e. The van der Waals surface area contributed by atoms with Gasteiger partial charge in [-0.15, -0.1) is 0 Å². The number of carbonyl (C=O) groups excluding carboxylic acids is 1. The summed E-state index contributed by atoms with van der Waals surface area (Å²) in [5.74, 6) is -0.103. The summed E-state index contributed by atoms with van der Waals surface area (Å²) in [6.07, 6.45) is 0.325. The van der Waals surface area contributed by atoms with Crippen LogP contribution in [-0.2, 0) is 4.79 Å². The van der Waals surface area contributed by atoms with Crippen LogP contribution in [0.2, 0.25) is 10.0 Å². The minimum Gasteiger partial charge on any atom is -0.326 e. The third kappa shape index (κ3) is 4.22. The van der Waals surface area contributed by atoms with Crippen LogP contribution in [0.4, 0.5) is 5.69 Å². The lowest BCUT2D eigenvalue weighted by atomic mass is 10.2. The van der Waals surface area contributed by atoms with Crippen molar-refractivity contribution in [2.75, 3.05) is 5.32 Å². The van der Waals surface area contributed by atoms with Crippen molar-refractivity contribution in [2.45, 2.75) is 33.2 Å². The molecule has 2 aromatic rings. The number of aryl methyl sites for hydroxylation is 2. The van der Waals surface area contributed by atoms with Gasteiger partial charge in [-0.05, 0) is 45.0 Å². The van der Waals surface area contributed by atoms with Crippen molar-refractivity contribution in [2.24, 2.45) is 0 Å². The zero-order valence-electron chi connectivity index (χ0n) is 12.2. The van der Waals surface area contributed by atoms with E-state index >= 15 is 0 Å². The SMILES string of the molecule is Cc1cc(C)n([C@@H](C)CC(=O)Nc2cc(Cl)cc(Cl)c2)n1. The molecule has 21 heavy (non-hydrogen) atoms. The molecule has 1 aromatic carbocycles. The summed E-state index contributed by atoms with van der Waals surface area (Å²) in [6.45, 7) is 5.87. The van der Waals surface area contributed by atoms with Crippen molar-refractivity contribution in [3.8, 4) is 0 Å². The van der Waals surface area contributed by atoms with E-state index in [2.05, 4.69) is 10.4 Å². The predicted molar refractivity (Wildman–Crippen MR) is 86.1 cm³/mol. The molecule has 0 spiro atoms. The number of benzene rings is 1. The molecule has 6 heteroatoms. The third-order valence-corrected chi connectivity index (χ3v) is 3.53. The first-order valence-corrected chi connectivity index (χ1v) is 7.39. The van der Waals surface area contributed by atoms with Crippen LogP contribution in [0.15, 0.2) is 24.3 Å². The van der Waals surface area contributed by atoms with Crippen molar-refractivity contribution < 1.29 is 4.79 Å². The van der Waals surface area contributed by atoms with E-state index < -0.39 is 0 Å². The first-order valence-electron chi connectivity index (χ1n) is 6.64. The Morgan fingerprint density at radius 3 is 2.38 bits per heavy atom. The third-order valence-electron chi connectivity index (χ3n) is 3.09. The maximum atomic E-state index is 12.1. The number of hydrogen-bond donors (Lipinski definition) is 1. The number of anilines is 1. The van der Waals surface area contributed by atoms with E-state index in [1.165, 1.54) is 0 Å². The van der Waals surface area contributed by atoms with Gasteiger partial charge in [-0.25, -0.2) is 0 Å². The summed E-state index contributed by atoms with van der Waals surface area (Å²) in [6, 6.07) is 6.93. The molecule has 0 bridgehead atoms. The van der Waals surface area contributed by atoms with Gasteiger partial charge in [0.2, 0.25) is 5.91 Å². The first kappa shape index (κ1) is 15.9. The van der Waals surface area contributed by atoms with E-state index in [1.54, 1.807) is 18.2 Å². The van der Waals surface area contributed by atoms with E-state index in [1.807, 2.05) is 31.5 Å². The maximum absolute atomic E-state index is 12.1. The number of halogens is 2. The molecule has 1 heterocycles. The zero-order valence-corrected chi connectivity index (χ0v) is 13.7. The van der Waals surface area contributed by atoms with E-state index in [0.717, 1.165) is 11.4 Å². The van der Waals surface area contributed by atoms with Crippen LogP contribution in [0, 0.1) is 13.8 Å². The normalized spacial score (nSPS) is 12.2. The lowest BCUT2D eigenvalue weighted by molar-refractivity contribution is -0.116. The molecule has 0 saturated heterocycles. The molecule has 0 saturated carbocycles. The molecule has 0 fully saturated rings. The van der Waals surface area contributed by atoms with Gasteiger partial charge in [-0.3, -0.25) is 9.48 Å². The number of rotatable bonds is 4. The number of carbonyl (C=O) groups is 1. The molecule has 1 N–H and O–H groups in total. The zero-order chi connectivity index (χ0) is 15.6. The molecule has 0 aliphatic heterocycles. The molecular weight excluding hydrogens is 309 g/mol. The molecule has 0 radical (unpaired) electrons. The van der Waals surface area contributed by atoms with Gasteiger partial charge in [0.25, 0.3) is 0 Å². The summed E-state index contributed by atoms with van der Waals surface area (Å²) in [7, 11) is 0. The van der Waals surface area contributed by atoms with Gasteiger partial charge < -0.3 is 5.32 Å². The largest absolute Gasteiger partial charge is 0.326 e. The number of nitrogens with zero attached hydrogens (tertiary/aromatic N) is 2. The van der Waals surface area contributed by atoms with Gasteiger partial charge in [-0.1, -0.05) is 23.2 Å². The molecule has 112 valence electrons. The van der Waals surface area contributed by atoms with Crippen LogP contribution < -0.4 is 5.32 Å². The average Bonchev–Trinajstić information content (AvgIpc) is 2.66. The Balaban J connectivity index is 2.03. The van der Waals surface area contributed by atoms with Gasteiger partial charge in [0, 0.05) is 27.8 Å². The quantitative estimate of drug-likeness (QED) is 0.905. The summed E-state index contributed by atoms with van der Waals surface area (Å²) in [5.41, 5.74) is 2.58. The fourth-order valence-electron chi connectivity index (χ4n) is 2.29. The molecular formula is C15H17Cl2N3O. The van der Waals surface area contributed by atoms with Gasteiger partial charge in [0.1, 0.15) is 0 Å². The predicted octanol–water partition coefficient (Wildman–Crippen LogP) is 4.40. The number of nitrogens with one attached hydrogen (secondary N) is 1. The average molecular weight is 326 g/mol. The minimum atomic E-state index is -0.103. The molecule has 0 aliphatic carbocycles. The fraction of sp³-hybridized carbons (Fsp3) is 0.333. The highest BCUT2D eigenvalue weighted by molar-refractivity contribution is 6.35. The fourth-order valence-corrected chi connectivity index (χ4v) is 2.81. The maximum Gasteiger partial charge on any atom is 0.226 e. The minimum absolute atomic E-state index is 0.0200. The Morgan fingerprint density at radius 1 is 1.24 bits per heavy atom. The Kier molecular flexibility index (Phi) is 4.91. The molecule has 1 aromatic heterocycles. The van der Waals surface area contributed by atoms with Crippen LogP contribution in [-0.4, -0.2) is 15.7 Å². The lowest BCUT2D eigenvalue weighted by Gasteiger charge is -2.14. The number of aromatic nitrogens is 2. The summed E-state index contributed by atoms with van der Waals surface area (Å²) < 4.78 is 1.86. The topological polar surface area (TPSA) is 46.9 Å². The Bertz CT molecular complexity index is 647. The van der Waals surface area contributed by atoms with Gasteiger partial charge >= 0.3 is 0 Å². The summed E-state index contributed by atoms with van der Waals surface area (Å²) >= 11 is 11.8. The van der Waals surface area contributed by atoms with Crippen LogP contribution >= 0.6 is 23.2 Å². The number of amides is 1. The van der Waals surface area contributed by atoms with Crippen LogP contribution in [0.25, 0.3) is 0 Å². The standard InChI is InChI=1S/C15H17Cl2N3O/c1-9-4-10(2)20(19-9)11(3)5-15(21)18-14-7-12(16)6-13(17)8-14/h4,6-8,11H,5H2,1-3H3,(H,18,21)/t11-/m0/s1. The van der Waals surface area contributed by atoms with Gasteiger partial charge in [-0.2, -0.15) is 5.10 Å². The molecule has 2 rings (SSSR count). The van der Waals surface area contributed by atoms with Crippen molar-refractivity contribution in [1.29, 1.82) is 0 Å². The molecule has 1 amide bonds. The Morgan fingerprint density at radius 2 is 1.86 bits per heavy atom. The first-order chi connectivity index (χ1) is 9.85. The van der Waals surface area contributed by atoms with Crippen molar-refractivity contribution in [3.63, 3.8) is 0 Å². The van der Waals surface area contributed by atoms with E-state index in [0.29, 0.717) is 22.2 Å². The Labute approximate surface area is 134 Å². The monoisotopic (exact) mass is 325 g/mol. The second kappa shape index (κ2) is 6.50.